The topological polar surface area (TPSA) is 60.4 Å². The van der Waals surface area contributed by atoms with Gasteiger partial charge in [-0.25, -0.2) is 8.42 Å². The smallest absolute Gasteiger partial charge is 0.158 e. The highest BCUT2D eigenvalue weighted by Gasteiger charge is 2.25. The van der Waals surface area contributed by atoms with Crippen molar-refractivity contribution in [1.29, 1.82) is 0 Å². The lowest BCUT2D eigenvalue weighted by atomic mass is 9.90. The molecule has 9 rings (SSSR count). The number of hydrogen-bond donors (Lipinski definition) is 0. The number of sulfone groups is 1. The Bertz CT molecular complexity index is 2530. The van der Waals surface area contributed by atoms with E-state index in [2.05, 4.69) is 60.7 Å². The van der Waals surface area contributed by atoms with E-state index in [1.165, 1.54) is 0 Å². The molecule has 3 heterocycles. The lowest BCUT2D eigenvalue weighted by Crippen LogP contribution is -2.05. The summed E-state index contributed by atoms with van der Waals surface area (Å²) in [7, 11) is -3.36. The van der Waals surface area contributed by atoms with Gasteiger partial charge in [0.25, 0.3) is 0 Å². The molecule has 0 spiro atoms. The Kier molecular flexibility index (Phi) is 5.08. The largest absolute Gasteiger partial charge is 0.456 e. The summed E-state index contributed by atoms with van der Waals surface area (Å²) < 4.78 is 39.1. The molecule has 1 aliphatic heterocycles. The summed E-state index contributed by atoms with van der Waals surface area (Å²) in [6.45, 7) is 0. The van der Waals surface area contributed by atoms with Crippen LogP contribution in [-0.2, 0) is 21.3 Å². The molecular weight excluding hydrogens is 552 g/mol. The highest BCUT2D eigenvalue weighted by molar-refractivity contribution is 7.89. The monoisotopic (exact) mass is 576 g/mol. The van der Waals surface area contributed by atoms with Gasteiger partial charge >= 0.3 is 0 Å². The lowest BCUT2D eigenvalue weighted by Gasteiger charge is -2.13. The fraction of sp³-hybridized carbons (Fsp3) is 0.0526. The first kappa shape index (κ1) is 24.5. The Morgan fingerprint density at radius 3 is 1.95 bits per heavy atom. The normalized spacial score (nSPS) is 14.2. The zero-order chi connectivity index (χ0) is 28.7. The van der Waals surface area contributed by atoms with Crippen molar-refractivity contribution in [2.75, 3.05) is 0 Å². The second-order valence-corrected chi connectivity index (χ2v) is 13.4. The van der Waals surface area contributed by atoms with Gasteiger partial charge in [0.05, 0.1) is 11.5 Å². The summed E-state index contributed by atoms with van der Waals surface area (Å²) in [6.07, 6.45) is 0. The molecule has 0 radical (unpaired) electrons. The standard InChI is InChI=1S/C38H24O4S/c39-43(40)21-26-13-12-25(29-8-5-9-33-31-7-2-4-11-36(31)42-38(29)33)19-34(26)28-16-14-23(18-27(28)22-43)24-15-17-32-30-6-1-3-10-35(30)41-37(32)20-24/h1-20H,21-22H2. The maximum absolute atomic E-state index is 13.3. The molecule has 0 amide bonds. The van der Waals surface area contributed by atoms with E-state index in [0.717, 1.165) is 88.4 Å². The molecule has 0 aliphatic carbocycles. The van der Waals surface area contributed by atoms with Crippen LogP contribution in [0.1, 0.15) is 11.1 Å². The fourth-order valence-electron chi connectivity index (χ4n) is 6.68. The van der Waals surface area contributed by atoms with Crippen molar-refractivity contribution in [3.63, 3.8) is 0 Å². The molecule has 5 heteroatoms. The molecule has 0 saturated heterocycles. The van der Waals surface area contributed by atoms with E-state index in [-0.39, 0.29) is 11.5 Å². The van der Waals surface area contributed by atoms with Crippen LogP contribution in [0, 0.1) is 0 Å². The van der Waals surface area contributed by atoms with E-state index in [4.69, 9.17) is 8.83 Å². The van der Waals surface area contributed by atoms with Gasteiger partial charge in [0, 0.05) is 27.1 Å². The number of fused-ring (bicyclic) bond motifs is 9. The van der Waals surface area contributed by atoms with Crippen LogP contribution in [0.5, 0.6) is 0 Å². The Balaban J connectivity index is 1.20. The zero-order valence-electron chi connectivity index (χ0n) is 23.0. The van der Waals surface area contributed by atoms with Crippen molar-refractivity contribution in [2.45, 2.75) is 11.5 Å². The van der Waals surface area contributed by atoms with Crippen LogP contribution in [0.4, 0.5) is 0 Å². The first-order valence-corrected chi connectivity index (χ1v) is 16.1. The molecule has 0 atom stereocenters. The predicted octanol–water partition coefficient (Wildman–Crippen LogP) is 9.91. The molecule has 1 aliphatic rings. The number of para-hydroxylation sites is 3. The molecule has 0 fully saturated rings. The van der Waals surface area contributed by atoms with Crippen LogP contribution in [0.15, 0.2) is 130 Å². The Morgan fingerprint density at radius 1 is 0.442 bits per heavy atom. The summed E-state index contributed by atoms with van der Waals surface area (Å²) in [4.78, 5) is 0. The fourth-order valence-corrected chi connectivity index (χ4v) is 8.22. The molecule has 4 nitrogen and oxygen atoms in total. The van der Waals surface area contributed by atoms with Gasteiger partial charge in [-0.3, -0.25) is 0 Å². The first-order chi connectivity index (χ1) is 21.0. The van der Waals surface area contributed by atoms with Gasteiger partial charge in [-0.15, -0.1) is 0 Å². The third-order valence-electron chi connectivity index (χ3n) is 8.68. The SMILES string of the molecule is O=S1(=O)Cc2cc(-c3ccc4c(c3)oc3ccccc34)ccc2-c2cc(-c3cccc4c3oc3ccccc34)ccc2C1. The quantitative estimate of drug-likeness (QED) is 0.205. The van der Waals surface area contributed by atoms with E-state index in [1.807, 2.05) is 60.7 Å². The van der Waals surface area contributed by atoms with E-state index in [9.17, 15) is 8.42 Å². The minimum Gasteiger partial charge on any atom is -0.456 e. The van der Waals surface area contributed by atoms with Crippen molar-refractivity contribution in [2.24, 2.45) is 0 Å². The van der Waals surface area contributed by atoms with Gasteiger partial charge in [0.2, 0.25) is 0 Å². The van der Waals surface area contributed by atoms with Gasteiger partial charge in [-0.1, -0.05) is 84.9 Å². The molecule has 0 saturated carbocycles. The Labute approximate surface area is 247 Å². The van der Waals surface area contributed by atoms with Crippen molar-refractivity contribution >= 4 is 53.7 Å². The average molecular weight is 577 g/mol. The van der Waals surface area contributed by atoms with Gasteiger partial charge in [0.1, 0.15) is 22.3 Å². The van der Waals surface area contributed by atoms with Crippen LogP contribution in [0.25, 0.3) is 77.3 Å². The van der Waals surface area contributed by atoms with E-state index in [1.54, 1.807) is 0 Å². The van der Waals surface area contributed by atoms with Gasteiger partial charge in [0.15, 0.2) is 9.84 Å². The van der Waals surface area contributed by atoms with Gasteiger partial charge < -0.3 is 8.83 Å². The second-order valence-electron chi connectivity index (χ2n) is 11.4. The lowest BCUT2D eigenvalue weighted by molar-refractivity contribution is 0.595. The minimum atomic E-state index is -3.36. The van der Waals surface area contributed by atoms with Crippen molar-refractivity contribution in [1.82, 2.24) is 0 Å². The van der Waals surface area contributed by atoms with E-state index < -0.39 is 9.84 Å². The molecule has 206 valence electrons. The number of hydrogen-bond acceptors (Lipinski definition) is 4. The molecule has 2 aromatic heterocycles. The van der Waals surface area contributed by atoms with Crippen molar-refractivity contribution < 1.29 is 17.3 Å². The third kappa shape index (κ3) is 3.85. The van der Waals surface area contributed by atoms with Crippen LogP contribution in [0.2, 0.25) is 0 Å². The molecule has 0 N–H and O–H groups in total. The molecule has 6 aromatic carbocycles. The van der Waals surface area contributed by atoms with Gasteiger partial charge in [-0.2, -0.15) is 0 Å². The number of benzene rings is 6. The third-order valence-corrected chi connectivity index (χ3v) is 10.2. The maximum atomic E-state index is 13.3. The zero-order valence-corrected chi connectivity index (χ0v) is 23.8. The van der Waals surface area contributed by atoms with Crippen LogP contribution >= 0.6 is 0 Å². The van der Waals surface area contributed by atoms with Crippen molar-refractivity contribution in [3.05, 3.63) is 132 Å². The van der Waals surface area contributed by atoms with E-state index in [0.29, 0.717) is 0 Å². The van der Waals surface area contributed by atoms with E-state index >= 15 is 0 Å². The first-order valence-electron chi connectivity index (χ1n) is 14.3. The Morgan fingerprint density at radius 2 is 1.09 bits per heavy atom. The predicted molar refractivity (Wildman–Crippen MR) is 174 cm³/mol. The summed E-state index contributed by atoms with van der Waals surface area (Å²) in [5.74, 6) is -0.00136. The van der Waals surface area contributed by atoms with Crippen LogP contribution in [0.3, 0.4) is 0 Å². The molecule has 8 aromatic rings. The molecule has 43 heavy (non-hydrogen) atoms. The molecule has 0 bridgehead atoms. The second kappa shape index (κ2) is 8.93. The number of furan rings is 2. The summed E-state index contributed by atoms with van der Waals surface area (Å²) in [5.41, 5.74) is 10.8. The van der Waals surface area contributed by atoms with Gasteiger partial charge in [-0.05, 0) is 75.3 Å². The maximum Gasteiger partial charge on any atom is 0.158 e. The van der Waals surface area contributed by atoms with Crippen LogP contribution in [-0.4, -0.2) is 8.42 Å². The van der Waals surface area contributed by atoms with Crippen molar-refractivity contribution in [3.8, 4) is 33.4 Å². The molecular formula is C38H24O4S. The summed E-state index contributed by atoms with van der Waals surface area (Å²) in [5, 5.41) is 4.30. The molecule has 0 unspecified atom stereocenters. The highest BCUT2D eigenvalue weighted by atomic mass is 32.2. The average Bonchev–Trinajstić information content (AvgIpc) is 3.56. The van der Waals surface area contributed by atoms with Crippen LogP contribution < -0.4 is 0 Å². The summed E-state index contributed by atoms with van der Waals surface area (Å²) >= 11 is 0. The number of rotatable bonds is 2. The summed E-state index contributed by atoms with van der Waals surface area (Å²) in [6, 6.07) is 40.8. The Hall–Kier alpha value is -5.13. The minimum absolute atomic E-state index is 0.00636. The highest BCUT2D eigenvalue weighted by Crippen LogP contribution is 2.41.